The third kappa shape index (κ3) is 5.47. The fourth-order valence-corrected chi connectivity index (χ4v) is 4.94. The number of hydrogen-bond donors (Lipinski definition) is 3. The van der Waals surface area contributed by atoms with Gasteiger partial charge in [0.25, 0.3) is 0 Å². The van der Waals surface area contributed by atoms with Crippen LogP contribution in [0.5, 0.6) is 0 Å². The molecule has 180 valence electrons. The van der Waals surface area contributed by atoms with E-state index in [0.717, 1.165) is 41.1 Å². The molecule has 8 heteroatoms. The zero-order valence-electron chi connectivity index (χ0n) is 19.5. The number of H-pyrrole nitrogens is 1. The summed E-state index contributed by atoms with van der Waals surface area (Å²) in [7, 11) is 0. The Morgan fingerprint density at radius 2 is 1.83 bits per heavy atom. The molecule has 2 aromatic carbocycles. The number of benzene rings is 2. The Morgan fingerprint density at radius 3 is 2.57 bits per heavy atom. The van der Waals surface area contributed by atoms with Crippen LogP contribution in [0.2, 0.25) is 5.02 Å². The summed E-state index contributed by atoms with van der Waals surface area (Å²) >= 11 is 6.09. The number of halogens is 1. The van der Waals surface area contributed by atoms with E-state index in [1.54, 1.807) is 6.33 Å². The van der Waals surface area contributed by atoms with Gasteiger partial charge in [-0.25, -0.2) is 9.97 Å². The highest BCUT2D eigenvalue weighted by molar-refractivity contribution is 6.30. The number of anilines is 1. The first-order valence-electron chi connectivity index (χ1n) is 11.9. The second kappa shape index (κ2) is 10.1. The van der Waals surface area contributed by atoms with Gasteiger partial charge in [0, 0.05) is 36.3 Å². The van der Waals surface area contributed by atoms with Crippen molar-refractivity contribution in [1.29, 1.82) is 0 Å². The molecule has 5 rings (SSSR count). The topological polar surface area (TPSA) is 99.9 Å². The molecular weight excluding hydrogens is 460 g/mol. The molecule has 1 aliphatic heterocycles. The highest BCUT2D eigenvalue weighted by Gasteiger charge is 2.34. The minimum Gasteiger partial charge on any atom is -0.356 e. The number of carbonyl (C=O) groups excluding carboxylic acids is 1. The molecule has 4 N–H and O–H groups in total. The molecule has 4 aromatic rings. The van der Waals surface area contributed by atoms with Crippen LogP contribution >= 0.6 is 11.6 Å². The van der Waals surface area contributed by atoms with Crippen LogP contribution in [-0.2, 0) is 11.2 Å². The summed E-state index contributed by atoms with van der Waals surface area (Å²) in [4.78, 5) is 27.3. The van der Waals surface area contributed by atoms with Crippen molar-refractivity contribution < 1.29 is 4.79 Å². The van der Waals surface area contributed by atoms with Crippen molar-refractivity contribution in [1.82, 2.24) is 20.3 Å². The lowest BCUT2D eigenvalue weighted by Crippen LogP contribution is -2.53. The van der Waals surface area contributed by atoms with Crippen LogP contribution in [0.1, 0.15) is 36.4 Å². The molecule has 0 bridgehead atoms. The fraction of sp³-hybridized carbons (Fsp3) is 0.296. The molecule has 1 aliphatic rings. The minimum absolute atomic E-state index is 0.0353. The van der Waals surface area contributed by atoms with Gasteiger partial charge in [-0.1, -0.05) is 54.1 Å². The van der Waals surface area contributed by atoms with E-state index in [1.807, 2.05) is 54.7 Å². The molecule has 2 aromatic heterocycles. The number of nitrogens with zero attached hydrogens (tertiary/aromatic N) is 3. The van der Waals surface area contributed by atoms with E-state index in [9.17, 15) is 4.79 Å². The van der Waals surface area contributed by atoms with Crippen molar-refractivity contribution in [2.45, 2.75) is 37.3 Å². The smallest absolute Gasteiger partial charge is 0.222 e. The highest BCUT2D eigenvalue weighted by Crippen LogP contribution is 2.30. The fourth-order valence-electron chi connectivity index (χ4n) is 4.81. The normalized spacial score (nSPS) is 16.2. The van der Waals surface area contributed by atoms with Gasteiger partial charge < -0.3 is 20.9 Å². The quantitative estimate of drug-likeness (QED) is 0.358. The van der Waals surface area contributed by atoms with Gasteiger partial charge in [0.15, 0.2) is 0 Å². The Kier molecular flexibility index (Phi) is 6.70. The molecule has 1 atom stereocenters. The Hall–Kier alpha value is -3.42. The average molecular weight is 489 g/mol. The summed E-state index contributed by atoms with van der Waals surface area (Å²) in [6.45, 7) is 1.48. The SMILES string of the molecule is NC1(CC(=O)NC(Cc2ccccc2)c2ccc(Cl)cc2)CCN(c2ncnc3[nH]ccc23)CC1. The van der Waals surface area contributed by atoms with Crippen LogP contribution in [0.4, 0.5) is 5.82 Å². The van der Waals surface area contributed by atoms with Gasteiger partial charge in [0.05, 0.1) is 11.4 Å². The van der Waals surface area contributed by atoms with E-state index in [-0.39, 0.29) is 18.4 Å². The second-order valence-electron chi connectivity index (χ2n) is 9.32. The lowest BCUT2D eigenvalue weighted by atomic mass is 9.85. The van der Waals surface area contributed by atoms with Crippen LogP contribution in [0.15, 0.2) is 73.2 Å². The molecule has 7 nitrogen and oxygen atoms in total. The summed E-state index contributed by atoms with van der Waals surface area (Å²) in [5.74, 6) is 0.875. The Bertz CT molecular complexity index is 1280. The van der Waals surface area contributed by atoms with Crippen LogP contribution < -0.4 is 16.0 Å². The van der Waals surface area contributed by atoms with Gasteiger partial charge in [-0.3, -0.25) is 4.79 Å². The van der Waals surface area contributed by atoms with Crippen molar-refractivity contribution >= 4 is 34.4 Å². The Balaban J connectivity index is 1.24. The Labute approximate surface area is 209 Å². The summed E-state index contributed by atoms with van der Waals surface area (Å²) in [5.41, 5.74) is 9.18. The van der Waals surface area contributed by atoms with Gasteiger partial charge >= 0.3 is 0 Å². The number of aromatic amines is 1. The van der Waals surface area contributed by atoms with E-state index in [1.165, 1.54) is 0 Å². The molecule has 0 radical (unpaired) electrons. The molecule has 1 fully saturated rings. The second-order valence-corrected chi connectivity index (χ2v) is 9.76. The van der Waals surface area contributed by atoms with E-state index >= 15 is 0 Å². The zero-order chi connectivity index (χ0) is 24.3. The molecule has 0 spiro atoms. The van der Waals surface area contributed by atoms with Gasteiger partial charge in [0.1, 0.15) is 17.8 Å². The van der Waals surface area contributed by atoms with E-state index in [0.29, 0.717) is 24.3 Å². The third-order valence-corrected chi connectivity index (χ3v) is 7.05. The third-order valence-electron chi connectivity index (χ3n) is 6.79. The van der Waals surface area contributed by atoms with Crippen molar-refractivity contribution in [3.63, 3.8) is 0 Å². The highest BCUT2D eigenvalue weighted by atomic mass is 35.5. The van der Waals surface area contributed by atoms with Gasteiger partial charge in [0.2, 0.25) is 5.91 Å². The molecule has 1 amide bonds. The lowest BCUT2D eigenvalue weighted by molar-refractivity contribution is -0.123. The van der Waals surface area contributed by atoms with Crippen LogP contribution in [-0.4, -0.2) is 39.5 Å². The van der Waals surface area contributed by atoms with Crippen molar-refractivity contribution in [2.75, 3.05) is 18.0 Å². The summed E-state index contributed by atoms with van der Waals surface area (Å²) in [6, 6.07) is 19.6. The maximum absolute atomic E-state index is 13.2. The van der Waals surface area contributed by atoms with Gasteiger partial charge in [-0.05, 0) is 48.6 Å². The maximum Gasteiger partial charge on any atom is 0.222 e. The van der Waals surface area contributed by atoms with E-state index < -0.39 is 5.54 Å². The molecule has 0 saturated carbocycles. The number of rotatable bonds is 7. The number of hydrogen-bond acceptors (Lipinski definition) is 5. The molecular formula is C27H29ClN6O. The van der Waals surface area contributed by atoms with Crippen LogP contribution in [0.25, 0.3) is 11.0 Å². The zero-order valence-corrected chi connectivity index (χ0v) is 20.2. The number of nitrogens with two attached hydrogens (primary N) is 1. The number of amides is 1. The van der Waals surface area contributed by atoms with E-state index in [2.05, 4.69) is 37.3 Å². The van der Waals surface area contributed by atoms with Crippen molar-refractivity contribution in [3.05, 3.63) is 89.3 Å². The first kappa shape index (κ1) is 23.3. The molecule has 0 aliphatic carbocycles. The lowest BCUT2D eigenvalue weighted by Gasteiger charge is -2.39. The number of nitrogens with one attached hydrogen (secondary N) is 2. The first-order chi connectivity index (χ1) is 17.0. The molecule has 1 unspecified atom stereocenters. The number of piperidine rings is 1. The van der Waals surface area contributed by atoms with Crippen molar-refractivity contribution in [2.24, 2.45) is 5.73 Å². The summed E-state index contributed by atoms with van der Waals surface area (Å²) in [5, 5.41) is 4.91. The number of carbonyl (C=O) groups is 1. The average Bonchev–Trinajstić information content (AvgIpc) is 3.34. The predicted molar refractivity (Wildman–Crippen MR) is 139 cm³/mol. The standard InChI is InChI=1S/C27H29ClN6O/c28-21-8-6-20(7-9-21)23(16-19-4-2-1-3-5-19)33-24(35)17-27(29)11-14-34(15-12-27)26-22-10-13-30-25(22)31-18-32-26/h1-10,13,18,23H,11-12,14-17,29H2,(H,33,35)(H,30,31,32). The Morgan fingerprint density at radius 1 is 1.09 bits per heavy atom. The van der Waals surface area contributed by atoms with Gasteiger partial charge in [-0.15, -0.1) is 0 Å². The summed E-state index contributed by atoms with van der Waals surface area (Å²) < 4.78 is 0. The van der Waals surface area contributed by atoms with Crippen molar-refractivity contribution in [3.8, 4) is 0 Å². The monoisotopic (exact) mass is 488 g/mol. The van der Waals surface area contributed by atoms with Gasteiger partial charge in [-0.2, -0.15) is 0 Å². The number of fused-ring (bicyclic) bond motifs is 1. The predicted octanol–water partition coefficient (Wildman–Crippen LogP) is 4.40. The minimum atomic E-state index is -0.553. The largest absolute Gasteiger partial charge is 0.356 e. The molecule has 3 heterocycles. The van der Waals surface area contributed by atoms with Crippen LogP contribution in [0, 0.1) is 0 Å². The number of aromatic nitrogens is 3. The molecule has 35 heavy (non-hydrogen) atoms. The first-order valence-corrected chi connectivity index (χ1v) is 12.3. The molecule has 1 saturated heterocycles. The van der Waals surface area contributed by atoms with Crippen LogP contribution in [0.3, 0.4) is 0 Å². The summed E-state index contributed by atoms with van der Waals surface area (Å²) in [6.07, 6.45) is 5.84. The maximum atomic E-state index is 13.2. The van der Waals surface area contributed by atoms with E-state index in [4.69, 9.17) is 17.3 Å².